The van der Waals surface area contributed by atoms with E-state index in [2.05, 4.69) is 0 Å². The molecule has 22 heavy (non-hydrogen) atoms. The van der Waals surface area contributed by atoms with Gasteiger partial charge in [0.25, 0.3) is 0 Å². The molecule has 0 heterocycles. The van der Waals surface area contributed by atoms with Crippen molar-refractivity contribution in [3.63, 3.8) is 0 Å². The van der Waals surface area contributed by atoms with E-state index in [-0.39, 0.29) is 5.97 Å². The van der Waals surface area contributed by atoms with Gasteiger partial charge in [-0.05, 0) is 67.9 Å². The van der Waals surface area contributed by atoms with Crippen molar-refractivity contribution in [2.45, 2.75) is 38.5 Å². The van der Waals surface area contributed by atoms with Crippen molar-refractivity contribution in [1.29, 1.82) is 0 Å². The van der Waals surface area contributed by atoms with E-state index in [1.807, 2.05) is 36.4 Å². The molecule has 4 bridgehead atoms. The molecule has 116 valence electrons. The second-order valence-electron chi connectivity index (χ2n) is 7.77. The van der Waals surface area contributed by atoms with Crippen LogP contribution in [0.4, 0.5) is 0 Å². The third-order valence-corrected chi connectivity index (χ3v) is 5.90. The van der Waals surface area contributed by atoms with Crippen LogP contribution in [-0.4, -0.2) is 12.6 Å². The molecule has 0 unspecified atom stereocenters. The minimum Gasteiger partial charge on any atom is -0.462 e. The molecule has 1 aromatic rings. The van der Waals surface area contributed by atoms with Gasteiger partial charge in [0.1, 0.15) is 0 Å². The average Bonchev–Trinajstić information content (AvgIpc) is 2.51. The van der Waals surface area contributed by atoms with Crippen LogP contribution in [0.25, 0.3) is 6.08 Å². The number of rotatable bonds is 4. The predicted octanol–water partition coefficient (Wildman–Crippen LogP) is 4.46. The molecule has 5 rings (SSSR count). The van der Waals surface area contributed by atoms with Gasteiger partial charge in [-0.25, -0.2) is 4.79 Å². The minimum atomic E-state index is -0.195. The van der Waals surface area contributed by atoms with Gasteiger partial charge in [0, 0.05) is 11.5 Å². The first kappa shape index (κ1) is 14.0. The third-order valence-electron chi connectivity index (χ3n) is 5.90. The molecule has 0 N–H and O–H groups in total. The summed E-state index contributed by atoms with van der Waals surface area (Å²) in [5.74, 6) is 2.53. The number of ether oxygens (including phenoxy) is 1. The molecular formula is C20H24O2. The number of carbonyl (C=O) groups is 1. The van der Waals surface area contributed by atoms with Crippen LogP contribution < -0.4 is 0 Å². The maximum Gasteiger partial charge on any atom is 0.330 e. The zero-order chi connectivity index (χ0) is 15.0. The van der Waals surface area contributed by atoms with E-state index in [1.165, 1.54) is 38.5 Å². The number of esters is 1. The van der Waals surface area contributed by atoms with Crippen LogP contribution in [0, 0.1) is 23.2 Å². The first-order chi connectivity index (χ1) is 10.7. The van der Waals surface area contributed by atoms with Crippen LogP contribution >= 0.6 is 0 Å². The summed E-state index contributed by atoms with van der Waals surface area (Å²) in [7, 11) is 0. The lowest BCUT2D eigenvalue weighted by Gasteiger charge is -2.56. The molecule has 4 aliphatic carbocycles. The zero-order valence-corrected chi connectivity index (χ0v) is 13.0. The first-order valence-corrected chi connectivity index (χ1v) is 8.61. The molecule has 0 spiro atoms. The summed E-state index contributed by atoms with van der Waals surface area (Å²) >= 11 is 0. The van der Waals surface area contributed by atoms with Crippen LogP contribution in [0.3, 0.4) is 0 Å². The van der Waals surface area contributed by atoms with Crippen molar-refractivity contribution in [2.75, 3.05) is 6.61 Å². The summed E-state index contributed by atoms with van der Waals surface area (Å²) in [4.78, 5) is 12.0. The van der Waals surface area contributed by atoms with E-state index in [0.717, 1.165) is 23.3 Å². The first-order valence-electron chi connectivity index (χ1n) is 8.61. The number of hydrogen-bond acceptors (Lipinski definition) is 2. The van der Waals surface area contributed by atoms with Crippen LogP contribution in [0.15, 0.2) is 36.4 Å². The second-order valence-corrected chi connectivity index (χ2v) is 7.77. The maximum atomic E-state index is 12.0. The van der Waals surface area contributed by atoms with Crippen molar-refractivity contribution < 1.29 is 9.53 Å². The van der Waals surface area contributed by atoms with Gasteiger partial charge >= 0.3 is 5.97 Å². The Morgan fingerprint density at radius 3 is 2.23 bits per heavy atom. The fraction of sp³-hybridized carbons (Fsp3) is 0.550. The molecule has 0 saturated heterocycles. The van der Waals surface area contributed by atoms with E-state index < -0.39 is 0 Å². The van der Waals surface area contributed by atoms with Gasteiger partial charge in [-0.2, -0.15) is 0 Å². The fourth-order valence-electron chi connectivity index (χ4n) is 5.47. The standard InChI is InChI=1S/C20H24O2/c21-19(7-6-15-4-2-1-3-5-15)22-14-20-11-16-8-17(12-20)10-18(9-16)13-20/h1-7,16-18H,8-14H2. The van der Waals surface area contributed by atoms with Crippen LogP contribution in [0.5, 0.6) is 0 Å². The molecule has 4 saturated carbocycles. The van der Waals surface area contributed by atoms with Gasteiger partial charge < -0.3 is 4.74 Å². The summed E-state index contributed by atoms with van der Waals surface area (Å²) in [6.07, 6.45) is 11.6. The van der Waals surface area contributed by atoms with Crippen LogP contribution in [0.1, 0.15) is 44.1 Å². The molecule has 4 fully saturated rings. The molecule has 4 aliphatic rings. The topological polar surface area (TPSA) is 26.3 Å². The number of carbonyl (C=O) groups excluding carboxylic acids is 1. The highest BCUT2D eigenvalue weighted by Gasteiger charge is 2.51. The molecule has 0 aliphatic heterocycles. The van der Waals surface area contributed by atoms with Crippen molar-refractivity contribution in [1.82, 2.24) is 0 Å². The van der Waals surface area contributed by atoms with Gasteiger partial charge in [-0.3, -0.25) is 0 Å². The third kappa shape index (κ3) is 2.84. The summed E-state index contributed by atoms with van der Waals surface area (Å²) < 4.78 is 5.62. The Morgan fingerprint density at radius 1 is 1.05 bits per heavy atom. The van der Waals surface area contributed by atoms with Crippen molar-refractivity contribution in [3.8, 4) is 0 Å². The Labute approximate surface area is 132 Å². The van der Waals surface area contributed by atoms with E-state index in [0.29, 0.717) is 12.0 Å². The van der Waals surface area contributed by atoms with Gasteiger partial charge in [0.15, 0.2) is 0 Å². The highest BCUT2D eigenvalue weighted by atomic mass is 16.5. The smallest absolute Gasteiger partial charge is 0.330 e. The van der Waals surface area contributed by atoms with Crippen LogP contribution in [-0.2, 0) is 9.53 Å². The Balaban J connectivity index is 1.35. The minimum absolute atomic E-state index is 0.195. The molecule has 0 atom stereocenters. The Bertz CT molecular complexity index is 537. The van der Waals surface area contributed by atoms with Crippen LogP contribution in [0.2, 0.25) is 0 Å². The molecule has 2 heteroatoms. The highest BCUT2D eigenvalue weighted by Crippen LogP contribution is 2.60. The summed E-state index contributed by atoms with van der Waals surface area (Å²) in [5.41, 5.74) is 1.35. The Kier molecular flexibility index (Phi) is 3.56. The lowest BCUT2D eigenvalue weighted by Crippen LogP contribution is -2.48. The SMILES string of the molecule is O=C(C=Cc1ccccc1)OCC12CC3CC(CC(C3)C1)C2. The van der Waals surface area contributed by atoms with Gasteiger partial charge in [0.2, 0.25) is 0 Å². The lowest BCUT2D eigenvalue weighted by molar-refractivity contribution is -0.149. The monoisotopic (exact) mass is 296 g/mol. The molecule has 0 radical (unpaired) electrons. The largest absolute Gasteiger partial charge is 0.462 e. The predicted molar refractivity (Wildman–Crippen MR) is 87.0 cm³/mol. The molecular weight excluding hydrogens is 272 g/mol. The number of benzene rings is 1. The van der Waals surface area contributed by atoms with Crippen molar-refractivity contribution in [2.24, 2.45) is 23.2 Å². The Morgan fingerprint density at radius 2 is 1.64 bits per heavy atom. The van der Waals surface area contributed by atoms with Gasteiger partial charge in [-0.15, -0.1) is 0 Å². The summed E-state index contributed by atoms with van der Waals surface area (Å²) in [6.45, 7) is 0.633. The van der Waals surface area contributed by atoms with E-state index in [1.54, 1.807) is 6.08 Å². The quantitative estimate of drug-likeness (QED) is 0.605. The van der Waals surface area contributed by atoms with Gasteiger partial charge in [0.05, 0.1) is 6.61 Å². The molecule has 1 aromatic carbocycles. The molecule has 0 amide bonds. The lowest BCUT2D eigenvalue weighted by atomic mass is 9.50. The van der Waals surface area contributed by atoms with E-state index >= 15 is 0 Å². The van der Waals surface area contributed by atoms with Crippen molar-refractivity contribution in [3.05, 3.63) is 42.0 Å². The Hall–Kier alpha value is -1.57. The van der Waals surface area contributed by atoms with Crippen molar-refractivity contribution >= 4 is 12.0 Å². The van der Waals surface area contributed by atoms with E-state index in [9.17, 15) is 4.79 Å². The normalized spacial score (nSPS) is 35.9. The number of hydrogen-bond donors (Lipinski definition) is 0. The fourth-order valence-corrected chi connectivity index (χ4v) is 5.47. The average molecular weight is 296 g/mol. The second kappa shape index (κ2) is 5.57. The highest BCUT2D eigenvalue weighted by molar-refractivity contribution is 5.87. The molecule has 0 aromatic heterocycles. The maximum absolute atomic E-state index is 12.0. The molecule has 2 nitrogen and oxygen atoms in total. The summed E-state index contributed by atoms with van der Waals surface area (Å²) in [5, 5.41) is 0. The zero-order valence-electron chi connectivity index (χ0n) is 13.0. The van der Waals surface area contributed by atoms with E-state index in [4.69, 9.17) is 4.74 Å². The summed E-state index contributed by atoms with van der Waals surface area (Å²) in [6, 6.07) is 9.90. The van der Waals surface area contributed by atoms with Gasteiger partial charge in [-0.1, -0.05) is 30.3 Å².